The second-order valence-corrected chi connectivity index (χ2v) is 7.47. The highest BCUT2D eigenvalue weighted by Crippen LogP contribution is 2.26. The summed E-state index contributed by atoms with van der Waals surface area (Å²) in [6.07, 6.45) is 6.47. The Morgan fingerprint density at radius 2 is 1.85 bits per heavy atom. The van der Waals surface area contributed by atoms with Crippen LogP contribution in [-0.4, -0.2) is 30.9 Å². The minimum Gasteiger partial charge on any atom is -0.392 e. The summed E-state index contributed by atoms with van der Waals surface area (Å²) >= 11 is 0. The molecular weight excluding hydrogens is 274 g/mol. The Balaban J connectivity index is 2.23. The van der Waals surface area contributed by atoms with E-state index < -0.39 is 10.0 Å². The molecular formula is C15H23NO3S. The summed E-state index contributed by atoms with van der Waals surface area (Å²) < 4.78 is 26.8. The van der Waals surface area contributed by atoms with Crippen LogP contribution in [0.1, 0.15) is 44.1 Å². The van der Waals surface area contributed by atoms with E-state index in [1.165, 1.54) is 17.1 Å². The first-order valence-electron chi connectivity index (χ1n) is 7.23. The molecule has 0 atom stereocenters. The van der Waals surface area contributed by atoms with Crippen molar-refractivity contribution in [1.29, 1.82) is 0 Å². The highest BCUT2D eigenvalue weighted by atomic mass is 32.2. The molecule has 0 saturated heterocycles. The van der Waals surface area contributed by atoms with E-state index in [9.17, 15) is 8.42 Å². The topological polar surface area (TPSA) is 57.6 Å². The molecule has 0 spiro atoms. The molecule has 112 valence electrons. The summed E-state index contributed by atoms with van der Waals surface area (Å²) in [6, 6.07) is 6.66. The highest BCUT2D eigenvalue weighted by molar-refractivity contribution is 7.89. The maximum absolute atomic E-state index is 12.7. The van der Waals surface area contributed by atoms with Crippen molar-refractivity contribution < 1.29 is 13.5 Å². The number of hydrogen-bond acceptors (Lipinski definition) is 3. The molecule has 1 aliphatic carbocycles. The summed E-state index contributed by atoms with van der Waals surface area (Å²) in [4.78, 5) is 0.274. The first kappa shape index (κ1) is 15.5. The Kier molecular flexibility index (Phi) is 5.18. The molecule has 1 N–H and O–H groups in total. The van der Waals surface area contributed by atoms with E-state index in [0.717, 1.165) is 25.7 Å². The van der Waals surface area contributed by atoms with Gasteiger partial charge in [0.1, 0.15) is 0 Å². The van der Waals surface area contributed by atoms with Gasteiger partial charge in [-0.1, -0.05) is 37.8 Å². The zero-order valence-corrected chi connectivity index (χ0v) is 12.8. The summed E-state index contributed by atoms with van der Waals surface area (Å²) in [6.45, 7) is -0.142. The smallest absolute Gasteiger partial charge is 0.243 e. The predicted molar refractivity (Wildman–Crippen MR) is 78.8 cm³/mol. The summed E-state index contributed by atoms with van der Waals surface area (Å²) in [5.74, 6) is 0. The fourth-order valence-corrected chi connectivity index (χ4v) is 4.27. The van der Waals surface area contributed by atoms with Crippen LogP contribution < -0.4 is 0 Å². The Bertz CT molecular complexity index is 534. The quantitative estimate of drug-likeness (QED) is 0.869. The van der Waals surface area contributed by atoms with Gasteiger partial charge >= 0.3 is 0 Å². The van der Waals surface area contributed by atoms with Crippen molar-refractivity contribution in [2.24, 2.45) is 0 Å². The van der Waals surface area contributed by atoms with E-state index >= 15 is 0 Å². The van der Waals surface area contributed by atoms with Crippen LogP contribution in [0.3, 0.4) is 0 Å². The molecule has 1 saturated carbocycles. The van der Waals surface area contributed by atoms with E-state index in [2.05, 4.69) is 0 Å². The van der Waals surface area contributed by atoms with Gasteiger partial charge in [-0.15, -0.1) is 0 Å². The van der Waals surface area contributed by atoms with E-state index in [4.69, 9.17) is 5.11 Å². The predicted octanol–water partition coefficient (Wildman–Crippen LogP) is 2.52. The Hall–Kier alpha value is -0.910. The number of aliphatic hydroxyl groups is 1. The van der Waals surface area contributed by atoms with Crippen molar-refractivity contribution in [3.63, 3.8) is 0 Å². The lowest BCUT2D eigenvalue weighted by molar-refractivity contribution is 0.281. The molecule has 0 amide bonds. The fourth-order valence-electron chi connectivity index (χ4n) is 2.79. The van der Waals surface area contributed by atoms with Crippen LogP contribution in [0, 0.1) is 0 Å². The monoisotopic (exact) mass is 297 g/mol. The second-order valence-electron chi connectivity index (χ2n) is 5.47. The number of aliphatic hydroxyl groups excluding tert-OH is 1. The van der Waals surface area contributed by atoms with Gasteiger partial charge in [0.15, 0.2) is 0 Å². The lowest BCUT2D eigenvalue weighted by atomic mass is 10.1. The molecule has 0 heterocycles. The van der Waals surface area contributed by atoms with E-state index in [0.29, 0.717) is 5.56 Å². The normalized spacial score (nSPS) is 18.1. The molecule has 1 aromatic rings. The molecule has 20 heavy (non-hydrogen) atoms. The van der Waals surface area contributed by atoms with Crippen LogP contribution in [0.2, 0.25) is 0 Å². The van der Waals surface area contributed by atoms with Crippen molar-refractivity contribution in [3.05, 3.63) is 29.8 Å². The van der Waals surface area contributed by atoms with Crippen LogP contribution in [0.15, 0.2) is 29.2 Å². The van der Waals surface area contributed by atoms with Crippen LogP contribution >= 0.6 is 0 Å². The highest BCUT2D eigenvalue weighted by Gasteiger charge is 2.28. The molecule has 4 nitrogen and oxygen atoms in total. The van der Waals surface area contributed by atoms with Crippen molar-refractivity contribution >= 4 is 10.0 Å². The number of nitrogens with zero attached hydrogens (tertiary/aromatic N) is 1. The third-order valence-corrected chi connectivity index (χ3v) is 6.00. The first-order chi connectivity index (χ1) is 9.55. The largest absolute Gasteiger partial charge is 0.392 e. The van der Waals surface area contributed by atoms with Crippen molar-refractivity contribution in [2.75, 3.05) is 7.05 Å². The maximum atomic E-state index is 12.7. The van der Waals surface area contributed by atoms with Gasteiger partial charge in [0.05, 0.1) is 11.5 Å². The number of benzene rings is 1. The van der Waals surface area contributed by atoms with Gasteiger partial charge in [-0.25, -0.2) is 8.42 Å². The SMILES string of the molecule is CN(C1CCCCCC1)S(=O)(=O)c1cccc(CO)c1. The van der Waals surface area contributed by atoms with Crippen LogP contribution in [0.25, 0.3) is 0 Å². The molecule has 2 rings (SSSR count). The van der Waals surface area contributed by atoms with Crippen molar-refractivity contribution in [2.45, 2.75) is 56.1 Å². The molecule has 1 fully saturated rings. The summed E-state index contributed by atoms with van der Waals surface area (Å²) in [5, 5.41) is 9.14. The zero-order chi connectivity index (χ0) is 14.6. The van der Waals surface area contributed by atoms with Crippen LogP contribution in [-0.2, 0) is 16.6 Å². The summed E-state index contributed by atoms with van der Waals surface area (Å²) in [7, 11) is -1.79. The molecule has 1 aliphatic rings. The van der Waals surface area contributed by atoms with E-state index in [1.54, 1.807) is 31.3 Å². The van der Waals surface area contributed by atoms with E-state index in [-0.39, 0.29) is 17.5 Å². The minimum absolute atomic E-state index is 0.0975. The third kappa shape index (κ3) is 3.40. The van der Waals surface area contributed by atoms with Gasteiger partial charge in [0, 0.05) is 13.1 Å². The fraction of sp³-hybridized carbons (Fsp3) is 0.600. The molecule has 0 unspecified atom stereocenters. The molecule has 0 bridgehead atoms. The molecule has 5 heteroatoms. The molecule has 0 aliphatic heterocycles. The third-order valence-electron chi connectivity index (χ3n) is 4.10. The van der Waals surface area contributed by atoms with Gasteiger partial charge < -0.3 is 5.11 Å². The average Bonchev–Trinajstić information content (AvgIpc) is 2.75. The van der Waals surface area contributed by atoms with Crippen LogP contribution in [0.4, 0.5) is 0 Å². The number of sulfonamides is 1. The van der Waals surface area contributed by atoms with E-state index in [1.807, 2.05) is 0 Å². The first-order valence-corrected chi connectivity index (χ1v) is 8.67. The molecule has 0 radical (unpaired) electrons. The molecule has 0 aromatic heterocycles. The Morgan fingerprint density at radius 3 is 2.45 bits per heavy atom. The van der Waals surface area contributed by atoms with Crippen molar-refractivity contribution in [1.82, 2.24) is 4.31 Å². The van der Waals surface area contributed by atoms with Gasteiger partial charge in [-0.2, -0.15) is 4.31 Å². The Labute approximate surface area is 121 Å². The number of rotatable bonds is 4. The standard InChI is InChI=1S/C15H23NO3S/c1-16(14-8-4-2-3-5-9-14)20(18,19)15-10-6-7-13(11-15)12-17/h6-7,10-11,14,17H,2-5,8-9,12H2,1H3. The lowest BCUT2D eigenvalue weighted by Gasteiger charge is -2.26. The average molecular weight is 297 g/mol. The van der Waals surface area contributed by atoms with Gasteiger partial charge in [-0.05, 0) is 30.5 Å². The summed E-state index contributed by atoms with van der Waals surface area (Å²) in [5.41, 5.74) is 0.625. The Morgan fingerprint density at radius 1 is 1.20 bits per heavy atom. The van der Waals surface area contributed by atoms with Gasteiger partial charge in [-0.3, -0.25) is 0 Å². The van der Waals surface area contributed by atoms with Gasteiger partial charge in [0.25, 0.3) is 0 Å². The number of hydrogen-bond donors (Lipinski definition) is 1. The zero-order valence-electron chi connectivity index (χ0n) is 12.0. The van der Waals surface area contributed by atoms with Crippen molar-refractivity contribution in [3.8, 4) is 0 Å². The van der Waals surface area contributed by atoms with Gasteiger partial charge in [0.2, 0.25) is 10.0 Å². The minimum atomic E-state index is -3.47. The van der Waals surface area contributed by atoms with Crippen LogP contribution in [0.5, 0.6) is 0 Å². The molecule has 1 aromatic carbocycles. The lowest BCUT2D eigenvalue weighted by Crippen LogP contribution is -2.36. The maximum Gasteiger partial charge on any atom is 0.243 e. The second kappa shape index (κ2) is 6.70.